The van der Waals surface area contributed by atoms with Gasteiger partial charge in [0.25, 0.3) is 5.82 Å². The van der Waals surface area contributed by atoms with Gasteiger partial charge in [0.2, 0.25) is 0 Å². The van der Waals surface area contributed by atoms with Gasteiger partial charge >= 0.3 is 0 Å². The molecule has 1 atom stereocenters. The quantitative estimate of drug-likeness (QED) is 0.548. The first kappa shape index (κ1) is 17.8. The zero-order valence-corrected chi connectivity index (χ0v) is 15.2. The minimum atomic E-state index is -0.608. The third kappa shape index (κ3) is 3.21. The summed E-state index contributed by atoms with van der Waals surface area (Å²) in [5, 5.41) is 5.51. The Morgan fingerprint density at radius 1 is 1.25 bits per heavy atom. The number of benzene rings is 1. The van der Waals surface area contributed by atoms with E-state index in [9.17, 15) is 4.39 Å². The molecule has 0 saturated carbocycles. The maximum Gasteiger partial charge on any atom is 0.269 e. The lowest BCUT2D eigenvalue weighted by Crippen LogP contribution is -2.19. The summed E-state index contributed by atoms with van der Waals surface area (Å²) in [4.78, 5) is 11.7. The van der Waals surface area contributed by atoms with E-state index in [1.54, 1.807) is 17.1 Å². The molecule has 0 radical (unpaired) electrons. The van der Waals surface area contributed by atoms with Gasteiger partial charge in [-0.05, 0) is 43.3 Å². The van der Waals surface area contributed by atoms with Crippen LogP contribution in [-0.2, 0) is 6.42 Å². The van der Waals surface area contributed by atoms with Gasteiger partial charge in [-0.1, -0.05) is 18.2 Å². The lowest BCUT2D eigenvalue weighted by atomic mass is 10.1. The topological polar surface area (TPSA) is 74.0 Å². The van der Waals surface area contributed by atoms with E-state index >= 15 is 0 Å². The summed E-state index contributed by atoms with van der Waals surface area (Å²) in [5.41, 5.74) is 9.93. The van der Waals surface area contributed by atoms with Crippen LogP contribution in [0.5, 0.6) is 0 Å². The minimum absolute atomic E-state index is 0.123. The Bertz CT molecular complexity index is 1210. The van der Waals surface area contributed by atoms with Gasteiger partial charge in [-0.3, -0.25) is 4.98 Å². The van der Waals surface area contributed by atoms with Crippen molar-refractivity contribution >= 4 is 16.7 Å². The van der Waals surface area contributed by atoms with Crippen molar-refractivity contribution in [3.8, 4) is 5.69 Å². The first-order valence-corrected chi connectivity index (χ1v) is 8.75. The Kier molecular flexibility index (Phi) is 4.55. The van der Waals surface area contributed by atoms with Crippen molar-refractivity contribution < 1.29 is 4.39 Å². The van der Waals surface area contributed by atoms with Gasteiger partial charge in [-0.25, -0.2) is 9.07 Å². The Morgan fingerprint density at radius 3 is 2.93 bits per heavy atom. The molecule has 3 heterocycles. The molecule has 4 aromatic rings. The van der Waals surface area contributed by atoms with Crippen LogP contribution in [0.1, 0.15) is 23.0 Å². The second kappa shape index (κ2) is 7.18. The number of fused-ring (bicyclic) bond motifs is 1. The maximum atomic E-state index is 14.1. The molecule has 4 rings (SSSR count). The summed E-state index contributed by atoms with van der Waals surface area (Å²) in [6.07, 6.45) is 3.57. The van der Waals surface area contributed by atoms with Crippen LogP contribution in [0.4, 0.5) is 10.2 Å². The maximum absolute atomic E-state index is 14.1. The van der Waals surface area contributed by atoms with Crippen LogP contribution in [0.3, 0.4) is 0 Å². The molecule has 0 aliphatic carbocycles. The van der Waals surface area contributed by atoms with Gasteiger partial charge < -0.3 is 10.6 Å². The zero-order valence-electron chi connectivity index (χ0n) is 15.2. The number of halogens is 1. The molecule has 138 valence electrons. The lowest BCUT2D eigenvalue weighted by Gasteiger charge is -2.15. The van der Waals surface area contributed by atoms with E-state index < -0.39 is 11.9 Å². The van der Waals surface area contributed by atoms with Crippen LogP contribution in [-0.4, -0.2) is 19.7 Å². The van der Waals surface area contributed by atoms with Crippen molar-refractivity contribution in [3.05, 3.63) is 89.0 Å². The fourth-order valence-corrected chi connectivity index (χ4v) is 3.20. The van der Waals surface area contributed by atoms with Crippen LogP contribution in [0.15, 0.2) is 54.9 Å². The van der Waals surface area contributed by atoms with Gasteiger partial charge in [0.1, 0.15) is 0 Å². The molecular formula is C21H17FN6. The third-order valence-corrected chi connectivity index (χ3v) is 4.55. The predicted octanol–water partition coefficient (Wildman–Crippen LogP) is 4.06. The highest BCUT2D eigenvalue weighted by atomic mass is 19.1. The summed E-state index contributed by atoms with van der Waals surface area (Å²) in [6.45, 7) is 9.09. The van der Waals surface area contributed by atoms with Crippen LogP contribution in [0.2, 0.25) is 0 Å². The Hall–Kier alpha value is -3.63. The summed E-state index contributed by atoms with van der Waals surface area (Å²) in [7, 11) is 0. The van der Waals surface area contributed by atoms with Crippen LogP contribution >= 0.6 is 0 Å². The van der Waals surface area contributed by atoms with E-state index in [2.05, 4.69) is 26.0 Å². The van der Waals surface area contributed by atoms with Crippen molar-refractivity contribution in [2.75, 3.05) is 0 Å². The number of aryl methyl sites for hydroxylation is 1. The minimum Gasteiger partial charge on any atom is -0.361 e. The normalized spacial score (nSPS) is 12.1. The molecule has 0 bridgehead atoms. The molecule has 0 saturated heterocycles. The number of hydrogen-bond acceptors (Lipinski definition) is 4. The van der Waals surface area contributed by atoms with Crippen molar-refractivity contribution in [3.63, 3.8) is 0 Å². The van der Waals surface area contributed by atoms with Crippen LogP contribution < -0.4 is 5.73 Å². The van der Waals surface area contributed by atoms with Gasteiger partial charge in [0.15, 0.2) is 11.5 Å². The standard InChI is InChI=1S/C21H17FN6/c1-13-5-7-18-14(10-13)12-26-28(18)19-4-3-9-25-21(19)16(23)11-17-15(22)6-8-20(24-2)27-17/h3-10,12,16H,11,23H2,1H3/t16-/m0/s1. The molecule has 0 spiro atoms. The van der Waals surface area contributed by atoms with Gasteiger partial charge in [-0.2, -0.15) is 5.10 Å². The SMILES string of the molecule is [C-]#[N+]c1ccc(F)c(C[C@H](N)c2ncccc2-n2ncc3cc(C)ccc32)n1. The van der Waals surface area contributed by atoms with E-state index in [1.807, 2.05) is 31.2 Å². The number of pyridine rings is 2. The molecule has 28 heavy (non-hydrogen) atoms. The summed E-state index contributed by atoms with van der Waals surface area (Å²) in [5.74, 6) is -0.348. The average molecular weight is 372 g/mol. The van der Waals surface area contributed by atoms with Crippen molar-refractivity contribution in [2.45, 2.75) is 19.4 Å². The van der Waals surface area contributed by atoms with E-state index in [1.165, 1.54) is 12.1 Å². The molecule has 7 heteroatoms. The largest absolute Gasteiger partial charge is 0.361 e. The van der Waals surface area contributed by atoms with Gasteiger partial charge in [0, 0.05) is 18.0 Å². The number of nitrogens with two attached hydrogens (primary N) is 1. The van der Waals surface area contributed by atoms with E-state index in [4.69, 9.17) is 12.3 Å². The molecule has 1 aromatic carbocycles. The lowest BCUT2D eigenvalue weighted by molar-refractivity contribution is 0.576. The third-order valence-electron chi connectivity index (χ3n) is 4.55. The van der Waals surface area contributed by atoms with E-state index in [-0.39, 0.29) is 17.9 Å². The number of rotatable bonds is 4. The highest BCUT2D eigenvalue weighted by molar-refractivity contribution is 5.81. The average Bonchev–Trinajstić information content (AvgIpc) is 3.12. The first-order chi connectivity index (χ1) is 13.6. The number of hydrogen-bond donors (Lipinski definition) is 1. The monoisotopic (exact) mass is 372 g/mol. The number of aromatic nitrogens is 4. The zero-order chi connectivity index (χ0) is 19.7. The molecule has 0 aliphatic rings. The van der Waals surface area contributed by atoms with Crippen molar-refractivity contribution in [1.29, 1.82) is 0 Å². The molecule has 0 unspecified atom stereocenters. The second-order valence-corrected chi connectivity index (χ2v) is 6.55. The van der Waals surface area contributed by atoms with Crippen molar-refractivity contribution in [2.24, 2.45) is 5.73 Å². The van der Waals surface area contributed by atoms with Gasteiger partial charge in [-0.15, -0.1) is 4.98 Å². The molecule has 3 aromatic heterocycles. The molecule has 6 nitrogen and oxygen atoms in total. The fourth-order valence-electron chi connectivity index (χ4n) is 3.20. The summed E-state index contributed by atoms with van der Waals surface area (Å²) >= 11 is 0. The molecule has 0 amide bonds. The Labute approximate surface area is 161 Å². The fraction of sp³-hybridized carbons (Fsp3) is 0.143. The van der Waals surface area contributed by atoms with E-state index in [0.717, 1.165) is 22.2 Å². The Balaban J connectivity index is 1.74. The molecular weight excluding hydrogens is 355 g/mol. The van der Waals surface area contributed by atoms with Crippen LogP contribution in [0, 0.1) is 19.3 Å². The Morgan fingerprint density at radius 2 is 2.11 bits per heavy atom. The highest BCUT2D eigenvalue weighted by Crippen LogP contribution is 2.26. The smallest absolute Gasteiger partial charge is 0.269 e. The summed E-state index contributed by atoms with van der Waals surface area (Å²) < 4.78 is 15.9. The van der Waals surface area contributed by atoms with Gasteiger partial charge in [0.05, 0.1) is 29.1 Å². The molecule has 0 fully saturated rings. The van der Waals surface area contributed by atoms with E-state index in [0.29, 0.717) is 5.69 Å². The first-order valence-electron chi connectivity index (χ1n) is 8.75. The highest BCUT2D eigenvalue weighted by Gasteiger charge is 2.20. The van der Waals surface area contributed by atoms with Crippen molar-refractivity contribution in [1.82, 2.24) is 19.7 Å². The predicted molar refractivity (Wildman–Crippen MR) is 105 cm³/mol. The second-order valence-electron chi connectivity index (χ2n) is 6.55. The molecule has 2 N–H and O–H groups in total. The summed E-state index contributed by atoms with van der Waals surface area (Å²) in [6, 6.07) is 11.8. The van der Waals surface area contributed by atoms with Crippen LogP contribution in [0.25, 0.3) is 21.4 Å². The molecule has 0 aliphatic heterocycles. The number of nitrogens with zero attached hydrogens (tertiary/aromatic N) is 5.